The van der Waals surface area contributed by atoms with Crippen molar-refractivity contribution in [3.8, 4) is 5.75 Å². The highest BCUT2D eigenvalue weighted by molar-refractivity contribution is 7.86. The van der Waals surface area contributed by atoms with E-state index in [-0.39, 0.29) is 4.90 Å². The maximum absolute atomic E-state index is 11.1. The van der Waals surface area contributed by atoms with E-state index in [2.05, 4.69) is 0 Å². The first-order valence-corrected chi connectivity index (χ1v) is 5.85. The topological polar surface area (TPSA) is 63.6 Å². The minimum atomic E-state index is -4.17. The first-order valence-electron chi connectivity index (χ1n) is 4.41. The van der Waals surface area contributed by atoms with Crippen LogP contribution in [0, 0.1) is 20.8 Å². The monoisotopic (exact) mass is 230 g/mol. The van der Waals surface area contributed by atoms with Crippen molar-refractivity contribution in [2.75, 3.05) is 7.11 Å². The normalized spacial score (nSPS) is 11.5. The molecule has 0 unspecified atom stereocenters. The average Bonchev–Trinajstić information content (AvgIpc) is 2.09. The van der Waals surface area contributed by atoms with Gasteiger partial charge in [0.25, 0.3) is 10.1 Å². The van der Waals surface area contributed by atoms with Crippen molar-refractivity contribution in [1.82, 2.24) is 0 Å². The fraction of sp³-hybridized carbons (Fsp3) is 0.400. The van der Waals surface area contributed by atoms with Crippen molar-refractivity contribution in [2.45, 2.75) is 25.7 Å². The summed E-state index contributed by atoms with van der Waals surface area (Å²) in [7, 11) is -2.65. The quantitative estimate of drug-likeness (QED) is 0.788. The van der Waals surface area contributed by atoms with Crippen LogP contribution in [0.5, 0.6) is 5.75 Å². The van der Waals surface area contributed by atoms with Crippen molar-refractivity contribution >= 4 is 10.1 Å². The smallest absolute Gasteiger partial charge is 0.295 e. The number of aryl methyl sites for hydroxylation is 1. The van der Waals surface area contributed by atoms with Gasteiger partial charge < -0.3 is 4.74 Å². The molecular weight excluding hydrogens is 216 g/mol. The second kappa shape index (κ2) is 3.83. The Hall–Kier alpha value is -1.07. The lowest BCUT2D eigenvalue weighted by atomic mass is 10.1. The zero-order chi connectivity index (χ0) is 11.8. The molecule has 0 fully saturated rings. The maximum Gasteiger partial charge on any atom is 0.295 e. The summed E-state index contributed by atoms with van der Waals surface area (Å²) >= 11 is 0. The third kappa shape index (κ3) is 2.13. The Morgan fingerprint density at radius 1 is 1.20 bits per heavy atom. The Labute approximate surface area is 89.6 Å². The molecule has 0 atom stereocenters. The maximum atomic E-state index is 11.1. The van der Waals surface area contributed by atoms with E-state index in [1.807, 2.05) is 0 Å². The molecule has 1 aromatic rings. The standard InChI is InChI=1S/C10H14O4S/c1-6-5-9(14-4)7(2)8(3)10(6)15(11,12)13/h5H,1-4H3,(H,11,12,13). The zero-order valence-corrected chi connectivity index (χ0v) is 9.97. The van der Waals surface area contributed by atoms with E-state index in [0.29, 0.717) is 16.9 Å². The lowest BCUT2D eigenvalue weighted by Crippen LogP contribution is -2.06. The van der Waals surface area contributed by atoms with Crippen LogP contribution in [-0.4, -0.2) is 20.1 Å². The minimum absolute atomic E-state index is 0.0270. The highest BCUT2D eigenvalue weighted by atomic mass is 32.2. The van der Waals surface area contributed by atoms with Gasteiger partial charge >= 0.3 is 0 Å². The molecule has 15 heavy (non-hydrogen) atoms. The summed E-state index contributed by atoms with van der Waals surface area (Å²) in [6, 6.07) is 1.60. The van der Waals surface area contributed by atoms with Crippen LogP contribution in [0.15, 0.2) is 11.0 Å². The van der Waals surface area contributed by atoms with Gasteiger partial charge in [0.1, 0.15) is 10.6 Å². The lowest BCUT2D eigenvalue weighted by molar-refractivity contribution is 0.410. The van der Waals surface area contributed by atoms with Crippen LogP contribution < -0.4 is 4.74 Å². The van der Waals surface area contributed by atoms with Crippen LogP contribution in [0.3, 0.4) is 0 Å². The SMILES string of the molecule is COc1cc(C)c(S(=O)(=O)O)c(C)c1C. The van der Waals surface area contributed by atoms with Crippen LogP contribution in [0.25, 0.3) is 0 Å². The van der Waals surface area contributed by atoms with Crippen LogP contribution in [0.2, 0.25) is 0 Å². The molecule has 0 radical (unpaired) electrons. The molecule has 1 aromatic carbocycles. The van der Waals surface area contributed by atoms with Crippen LogP contribution >= 0.6 is 0 Å². The lowest BCUT2D eigenvalue weighted by Gasteiger charge is -2.13. The van der Waals surface area contributed by atoms with E-state index >= 15 is 0 Å². The number of benzene rings is 1. The van der Waals surface area contributed by atoms with Crippen molar-refractivity contribution in [3.05, 3.63) is 22.8 Å². The summed E-state index contributed by atoms with van der Waals surface area (Å²) in [4.78, 5) is -0.0270. The van der Waals surface area contributed by atoms with E-state index < -0.39 is 10.1 Å². The molecule has 0 heterocycles. The second-order valence-corrected chi connectivity index (χ2v) is 4.81. The number of methoxy groups -OCH3 is 1. The predicted molar refractivity (Wildman–Crippen MR) is 57.0 cm³/mol. The van der Waals surface area contributed by atoms with Gasteiger partial charge in [-0.3, -0.25) is 4.55 Å². The van der Waals surface area contributed by atoms with Gasteiger partial charge in [-0.15, -0.1) is 0 Å². The third-order valence-corrected chi connectivity index (χ3v) is 3.60. The summed E-state index contributed by atoms with van der Waals surface area (Å²) in [5.41, 5.74) is 1.72. The van der Waals surface area contributed by atoms with Gasteiger partial charge in [0.2, 0.25) is 0 Å². The summed E-state index contributed by atoms with van der Waals surface area (Å²) in [6.45, 7) is 5.02. The molecule has 0 aromatic heterocycles. The first-order chi connectivity index (χ1) is 6.79. The molecule has 4 nitrogen and oxygen atoms in total. The fourth-order valence-corrected chi connectivity index (χ4v) is 2.64. The molecule has 0 aliphatic heterocycles. The molecule has 0 saturated carbocycles. The van der Waals surface area contributed by atoms with Crippen molar-refractivity contribution in [3.63, 3.8) is 0 Å². The first kappa shape index (κ1) is 12.0. The fourth-order valence-electron chi connectivity index (χ4n) is 1.63. The summed E-state index contributed by atoms with van der Waals surface area (Å²) < 4.78 is 36.5. The summed E-state index contributed by atoms with van der Waals surface area (Å²) in [5, 5.41) is 0. The molecule has 0 saturated heterocycles. The Balaban J connectivity index is 3.65. The van der Waals surface area contributed by atoms with Crippen LogP contribution in [0.1, 0.15) is 16.7 Å². The van der Waals surface area contributed by atoms with Crippen molar-refractivity contribution < 1.29 is 17.7 Å². The van der Waals surface area contributed by atoms with Crippen molar-refractivity contribution in [1.29, 1.82) is 0 Å². The molecule has 5 heteroatoms. The third-order valence-electron chi connectivity index (χ3n) is 2.46. The minimum Gasteiger partial charge on any atom is -0.496 e. The molecule has 0 amide bonds. The Morgan fingerprint density at radius 2 is 1.73 bits per heavy atom. The Morgan fingerprint density at radius 3 is 2.13 bits per heavy atom. The molecule has 84 valence electrons. The second-order valence-electron chi connectivity index (χ2n) is 3.45. The van der Waals surface area contributed by atoms with E-state index in [0.717, 1.165) is 5.56 Å². The number of hydrogen-bond donors (Lipinski definition) is 1. The van der Waals surface area contributed by atoms with E-state index in [1.165, 1.54) is 7.11 Å². The van der Waals surface area contributed by atoms with Gasteiger partial charge in [-0.25, -0.2) is 0 Å². The number of hydrogen-bond acceptors (Lipinski definition) is 3. The highest BCUT2D eigenvalue weighted by Crippen LogP contribution is 2.30. The van der Waals surface area contributed by atoms with E-state index in [9.17, 15) is 8.42 Å². The Bertz CT molecular complexity index is 489. The zero-order valence-electron chi connectivity index (χ0n) is 9.16. The number of rotatable bonds is 2. The van der Waals surface area contributed by atoms with Gasteiger partial charge in [0, 0.05) is 0 Å². The van der Waals surface area contributed by atoms with Crippen molar-refractivity contribution in [2.24, 2.45) is 0 Å². The average molecular weight is 230 g/mol. The molecule has 0 spiro atoms. The summed E-state index contributed by atoms with van der Waals surface area (Å²) in [5.74, 6) is 0.623. The predicted octanol–water partition coefficient (Wildman–Crippen LogP) is 1.87. The van der Waals surface area contributed by atoms with Gasteiger partial charge in [0.15, 0.2) is 0 Å². The van der Waals surface area contributed by atoms with Crippen LogP contribution in [0.4, 0.5) is 0 Å². The highest BCUT2D eigenvalue weighted by Gasteiger charge is 2.19. The Kier molecular flexibility index (Phi) is 3.06. The molecule has 0 aliphatic rings. The van der Waals surface area contributed by atoms with E-state index in [1.54, 1.807) is 26.8 Å². The van der Waals surface area contributed by atoms with Gasteiger partial charge in [-0.05, 0) is 43.5 Å². The van der Waals surface area contributed by atoms with Gasteiger partial charge in [-0.1, -0.05) is 0 Å². The molecule has 1 rings (SSSR count). The molecular formula is C10H14O4S. The van der Waals surface area contributed by atoms with Crippen LogP contribution in [-0.2, 0) is 10.1 Å². The van der Waals surface area contributed by atoms with Gasteiger partial charge in [0.05, 0.1) is 7.11 Å². The molecule has 0 aliphatic carbocycles. The van der Waals surface area contributed by atoms with E-state index in [4.69, 9.17) is 9.29 Å². The molecule has 1 N–H and O–H groups in total. The van der Waals surface area contributed by atoms with Gasteiger partial charge in [-0.2, -0.15) is 8.42 Å². The summed E-state index contributed by atoms with van der Waals surface area (Å²) in [6.07, 6.45) is 0. The molecule has 0 bridgehead atoms. The largest absolute Gasteiger partial charge is 0.496 e. The number of ether oxygens (including phenoxy) is 1.